The van der Waals surface area contributed by atoms with Gasteiger partial charge in [-0.25, -0.2) is 4.79 Å². The molecule has 2 saturated carbocycles. The summed E-state index contributed by atoms with van der Waals surface area (Å²) in [6.45, 7) is 0. The molecule has 3 N–H and O–H groups in total. The molecule has 3 atom stereocenters. The summed E-state index contributed by atoms with van der Waals surface area (Å²) in [6.07, 6.45) is 7.04. The van der Waals surface area contributed by atoms with Gasteiger partial charge in [-0.15, -0.1) is 0 Å². The van der Waals surface area contributed by atoms with Gasteiger partial charge in [0.15, 0.2) is 0 Å². The molecular formula is C20H28ClN3O2. The van der Waals surface area contributed by atoms with Crippen LogP contribution in [-0.4, -0.2) is 25.0 Å². The average molecular weight is 378 g/mol. The molecule has 6 heteroatoms. The molecule has 5 nitrogen and oxygen atoms in total. The maximum Gasteiger partial charge on any atom is 0.315 e. The molecule has 1 aromatic carbocycles. The summed E-state index contributed by atoms with van der Waals surface area (Å²) in [5.41, 5.74) is 1.06. The van der Waals surface area contributed by atoms with E-state index in [4.69, 9.17) is 11.6 Å². The molecule has 0 aliphatic heterocycles. The minimum Gasteiger partial charge on any atom is -0.359 e. The van der Waals surface area contributed by atoms with Gasteiger partial charge < -0.3 is 16.0 Å². The number of rotatable bonds is 5. The van der Waals surface area contributed by atoms with E-state index in [1.54, 1.807) is 7.05 Å². The van der Waals surface area contributed by atoms with Crippen LogP contribution in [0.2, 0.25) is 5.02 Å². The molecular weight excluding hydrogens is 350 g/mol. The van der Waals surface area contributed by atoms with Crippen LogP contribution in [0.25, 0.3) is 0 Å². The highest BCUT2D eigenvalue weighted by Gasteiger charge is 2.32. The quantitative estimate of drug-likeness (QED) is 0.730. The largest absolute Gasteiger partial charge is 0.359 e. The molecule has 0 radical (unpaired) electrons. The Balaban J connectivity index is 1.61. The van der Waals surface area contributed by atoms with E-state index in [0.29, 0.717) is 17.4 Å². The molecule has 142 valence electrons. The Morgan fingerprint density at radius 3 is 2.62 bits per heavy atom. The number of nitrogens with one attached hydrogen (secondary N) is 3. The van der Waals surface area contributed by atoms with Gasteiger partial charge in [0.1, 0.15) is 0 Å². The number of carbonyl (C=O) groups is 2. The zero-order chi connectivity index (χ0) is 18.5. The second kappa shape index (κ2) is 8.76. The molecule has 2 fully saturated rings. The van der Waals surface area contributed by atoms with E-state index in [1.807, 2.05) is 24.3 Å². The number of hydrogen-bond acceptors (Lipinski definition) is 2. The number of urea groups is 1. The summed E-state index contributed by atoms with van der Waals surface area (Å²) in [6, 6.07) is 7.66. The zero-order valence-corrected chi connectivity index (χ0v) is 16.0. The maximum absolute atomic E-state index is 12.6. The third kappa shape index (κ3) is 4.70. The number of halogens is 1. The second-order valence-corrected chi connectivity index (χ2v) is 7.95. The molecule has 3 rings (SSSR count). The van der Waals surface area contributed by atoms with Crippen molar-refractivity contribution in [3.05, 3.63) is 34.9 Å². The first kappa shape index (κ1) is 19.0. The summed E-state index contributed by atoms with van der Waals surface area (Å²) < 4.78 is 0. The molecule has 0 spiro atoms. The topological polar surface area (TPSA) is 70.2 Å². The van der Waals surface area contributed by atoms with E-state index < -0.39 is 0 Å². The summed E-state index contributed by atoms with van der Waals surface area (Å²) in [7, 11) is 1.66. The van der Waals surface area contributed by atoms with E-state index in [1.165, 1.54) is 12.8 Å². The van der Waals surface area contributed by atoms with Crippen LogP contribution in [0.4, 0.5) is 4.79 Å². The van der Waals surface area contributed by atoms with Gasteiger partial charge in [-0.3, -0.25) is 4.79 Å². The van der Waals surface area contributed by atoms with Crippen molar-refractivity contribution < 1.29 is 9.59 Å². The van der Waals surface area contributed by atoms with Crippen LogP contribution in [0.1, 0.15) is 56.6 Å². The van der Waals surface area contributed by atoms with Crippen molar-refractivity contribution in [3.63, 3.8) is 0 Å². The van der Waals surface area contributed by atoms with Crippen molar-refractivity contribution in [1.29, 1.82) is 0 Å². The zero-order valence-electron chi connectivity index (χ0n) is 15.3. The highest BCUT2D eigenvalue weighted by molar-refractivity contribution is 6.30. The second-order valence-electron chi connectivity index (χ2n) is 7.52. The van der Waals surface area contributed by atoms with Gasteiger partial charge in [0, 0.05) is 24.0 Å². The molecule has 0 saturated heterocycles. The standard InChI is InChI=1S/C20H28ClN3O2/c1-22-19(25)15-9-10-17(12-15)23-20(26)24-18(13-5-2-3-6-13)14-7-4-8-16(21)11-14/h4,7-8,11,13,15,17-18H,2-3,5-6,9-10,12H2,1H3,(H,22,25)(H2,23,24,26)/t15-,17-,18-/m1/s1. The van der Waals surface area contributed by atoms with Crippen molar-refractivity contribution in [1.82, 2.24) is 16.0 Å². The fourth-order valence-corrected chi connectivity index (χ4v) is 4.59. The van der Waals surface area contributed by atoms with Crippen LogP contribution >= 0.6 is 11.6 Å². The van der Waals surface area contributed by atoms with Gasteiger partial charge in [-0.05, 0) is 55.7 Å². The Labute approximate surface area is 160 Å². The summed E-state index contributed by atoms with van der Waals surface area (Å²) in [5, 5.41) is 9.63. The Hall–Kier alpha value is -1.75. The van der Waals surface area contributed by atoms with Crippen LogP contribution in [0.5, 0.6) is 0 Å². The average Bonchev–Trinajstić information content (AvgIpc) is 3.31. The lowest BCUT2D eigenvalue weighted by Gasteiger charge is -2.26. The Kier molecular flexibility index (Phi) is 6.41. The normalized spacial score (nSPS) is 24.2. The Morgan fingerprint density at radius 2 is 1.92 bits per heavy atom. The fraction of sp³-hybridized carbons (Fsp3) is 0.600. The predicted molar refractivity (Wildman–Crippen MR) is 103 cm³/mol. The third-order valence-corrected chi connectivity index (χ3v) is 5.99. The lowest BCUT2D eigenvalue weighted by molar-refractivity contribution is -0.124. The predicted octanol–water partition coefficient (Wildman–Crippen LogP) is 3.79. The molecule has 2 aliphatic carbocycles. The van der Waals surface area contributed by atoms with Crippen molar-refractivity contribution >= 4 is 23.5 Å². The van der Waals surface area contributed by atoms with Gasteiger partial charge in [-0.2, -0.15) is 0 Å². The molecule has 0 unspecified atom stereocenters. The van der Waals surface area contributed by atoms with Crippen molar-refractivity contribution in [2.75, 3.05) is 7.05 Å². The van der Waals surface area contributed by atoms with Gasteiger partial charge in [0.2, 0.25) is 5.91 Å². The highest BCUT2D eigenvalue weighted by atomic mass is 35.5. The molecule has 3 amide bonds. The lowest BCUT2D eigenvalue weighted by atomic mass is 9.92. The first-order valence-electron chi connectivity index (χ1n) is 9.61. The van der Waals surface area contributed by atoms with E-state index >= 15 is 0 Å². The number of carbonyl (C=O) groups excluding carboxylic acids is 2. The molecule has 1 aromatic rings. The van der Waals surface area contributed by atoms with Crippen molar-refractivity contribution in [2.45, 2.75) is 57.0 Å². The van der Waals surface area contributed by atoms with Gasteiger partial charge in [-0.1, -0.05) is 36.6 Å². The van der Waals surface area contributed by atoms with E-state index in [-0.39, 0.29) is 29.9 Å². The Morgan fingerprint density at radius 1 is 1.15 bits per heavy atom. The lowest BCUT2D eigenvalue weighted by Crippen LogP contribution is -2.44. The summed E-state index contributed by atoms with van der Waals surface area (Å²) in [5.74, 6) is 0.516. The van der Waals surface area contributed by atoms with Crippen LogP contribution in [0, 0.1) is 11.8 Å². The number of benzene rings is 1. The Bertz CT molecular complexity index is 646. The third-order valence-electron chi connectivity index (χ3n) is 5.75. The monoisotopic (exact) mass is 377 g/mol. The number of amides is 3. The minimum atomic E-state index is -0.149. The van der Waals surface area contributed by atoms with Gasteiger partial charge in [0.25, 0.3) is 0 Å². The maximum atomic E-state index is 12.6. The molecule has 26 heavy (non-hydrogen) atoms. The van der Waals surface area contributed by atoms with Gasteiger partial charge in [0.05, 0.1) is 6.04 Å². The fourth-order valence-electron chi connectivity index (χ4n) is 4.39. The van der Waals surface area contributed by atoms with E-state index in [9.17, 15) is 9.59 Å². The molecule has 0 aromatic heterocycles. The van der Waals surface area contributed by atoms with Crippen LogP contribution in [0.3, 0.4) is 0 Å². The molecule has 0 heterocycles. The van der Waals surface area contributed by atoms with Crippen LogP contribution < -0.4 is 16.0 Å². The summed E-state index contributed by atoms with van der Waals surface area (Å²) in [4.78, 5) is 24.4. The highest BCUT2D eigenvalue weighted by Crippen LogP contribution is 2.36. The number of hydrogen-bond donors (Lipinski definition) is 3. The van der Waals surface area contributed by atoms with E-state index in [2.05, 4.69) is 16.0 Å². The van der Waals surface area contributed by atoms with Crippen molar-refractivity contribution in [3.8, 4) is 0 Å². The minimum absolute atomic E-state index is 0.00357. The van der Waals surface area contributed by atoms with Crippen LogP contribution in [0.15, 0.2) is 24.3 Å². The first-order chi connectivity index (χ1) is 12.6. The summed E-state index contributed by atoms with van der Waals surface area (Å²) >= 11 is 6.16. The molecule has 2 aliphatic rings. The van der Waals surface area contributed by atoms with Gasteiger partial charge >= 0.3 is 6.03 Å². The van der Waals surface area contributed by atoms with Crippen LogP contribution in [-0.2, 0) is 4.79 Å². The van der Waals surface area contributed by atoms with Crippen molar-refractivity contribution in [2.24, 2.45) is 11.8 Å². The molecule has 0 bridgehead atoms. The SMILES string of the molecule is CNC(=O)[C@@H]1CC[C@@H](NC(=O)N[C@@H](c2cccc(Cl)c2)C2CCCC2)C1. The van der Waals surface area contributed by atoms with E-state index in [0.717, 1.165) is 31.2 Å². The first-order valence-corrected chi connectivity index (χ1v) is 9.98. The smallest absolute Gasteiger partial charge is 0.315 e.